The van der Waals surface area contributed by atoms with Crippen molar-refractivity contribution < 1.29 is 5.11 Å². The monoisotopic (exact) mass is 406 g/mol. The standard InChI is InChI=1S/C11H8BrIN2O2/c1-5-4-6(2-3-7(5)12)9-14-10(16)8(13)11(17)15-9/h2-4H,1H3,(H2,14,15,16,17). The fourth-order valence-corrected chi connectivity index (χ4v) is 1.88. The summed E-state index contributed by atoms with van der Waals surface area (Å²) in [5.74, 6) is 0.119. The quantitative estimate of drug-likeness (QED) is 0.715. The lowest BCUT2D eigenvalue weighted by Gasteiger charge is -2.04. The van der Waals surface area contributed by atoms with Gasteiger partial charge in [-0.2, -0.15) is 4.98 Å². The first kappa shape index (κ1) is 12.6. The van der Waals surface area contributed by atoms with Gasteiger partial charge in [0.1, 0.15) is 9.39 Å². The van der Waals surface area contributed by atoms with Crippen molar-refractivity contribution in [1.82, 2.24) is 9.97 Å². The molecule has 1 aromatic carbocycles. The highest BCUT2D eigenvalue weighted by Crippen LogP contribution is 2.23. The zero-order valence-electron chi connectivity index (χ0n) is 8.79. The van der Waals surface area contributed by atoms with Crippen LogP contribution in [-0.2, 0) is 0 Å². The molecule has 0 aliphatic rings. The minimum absolute atomic E-state index is 0.195. The van der Waals surface area contributed by atoms with Crippen LogP contribution in [-0.4, -0.2) is 15.1 Å². The molecule has 0 amide bonds. The third-order valence-corrected chi connectivity index (χ3v) is 4.14. The predicted octanol–water partition coefficient (Wildman–Crippen LogP) is 2.82. The molecule has 0 bridgehead atoms. The van der Waals surface area contributed by atoms with Crippen molar-refractivity contribution in [2.24, 2.45) is 0 Å². The average Bonchev–Trinajstić information content (AvgIpc) is 2.29. The van der Waals surface area contributed by atoms with Gasteiger partial charge in [0.05, 0.1) is 0 Å². The molecule has 0 aliphatic carbocycles. The van der Waals surface area contributed by atoms with E-state index in [9.17, 15) is 9.90 Å². The van der Waals surface area contributed by atoms with Gasteiger partial charge in [0.15, 0.2) is 0 Å². The Morgan fingerprint density at radius 2 is 2.18 bits per heavy atom. The summed E-state index contributed by atoms with van der Waals surface area (Å²) in [7, 11) is 0. The van der Waals surface area contributed by atoms with Crippen molar-refractivity contribution in [3.8, 4) is 17.3 Å². The van der Waals surface area contributed by atoms with Crippen molar-refractivity contribution >= 4 is 38.5 Å². The highest BCUT2D eigenvalue weighted by Gasteiger charge is 2.09. The van der Waals surface area contributed by atoms with Gasteiger partial charge in [-0.05, 0) is 47.2 Å². The number of aromatic amines is 1. The second-order valence-corrected chi connectivity index (χ2v) is 5.45. The Hall–Kier alpha value is -0.890. The van der Waals surface area contributed by atoms with E-state index in [0.29, 0.717) is 5.82 Å². The maximum Gasteiger partial charge on any atom is 0.268 e. The van der Waals surface area contributed by atoms with Crippen molar-refractivity contribution in [1.29, 1.82) is 0 Å². The van der Waals surface area contributed by atoms with Crippen LogP contribution in [0, 0.1) is 10.5 Å². The van der Waals surface area contributed by atoms with Gasteiger partial charge < -0.3 is 10.1 Å². The summed E-state index contributed by atoms with van der Waals surface area (Å²) in [6.45, 7) is 1.94. The fourth-order valence-electron chi connectivity index (χ4n) is 1.38. The first-order valence-electron chi connectivity index (χ1n) is 4.74. The smallest absolute Gasteiger partial charge is 0.268 e. The highest BCUT2D eigenvalue weighted by atomic mass is 127. The molecule has 1 heterocycles. The van der Waals surface area contributed by atoms with Gasteiger partial charge >= 0.3 is 0 Å². The largest absolute Gasteiger partial charge is 0.492 e. The van der Waals surface area contributed by atoms with Gasteiger partial charge in [-0.1, -0.05) is 22.0 Å². The zero-order valence-corrected chi connectivity index (χ0v) is 12.5. The number of nitrogens with one attached hydrogen (secondary N) is 1. The second-order valence-electron chi connectivity index (χ2n) is 3.52. The van der Waals surface area contributed by atoms with Crippen LogP contribution < -0.4 is 5.56 Å². The van der Waals surface area contributed by atoms with Crippen LogP contribution in [0.5, 0.6) is 5.88 Å². The summed E-state index contributed by atoms with van der Waals surface area (Å²) in [6.07, 6.45) is 0. The van der Waals surface area contributed by atoms with E-state index >= 15 is 0 Å². The number of halogens is 2. The first-order chi connectivity index (χ1) is 7.99. The van der Waals surface area contributed by atoms with E-state index in [4.69, 9.17) is 0 Å². The molecule has 0 fully saturated rings. The average molecular weight is 407 g/mol. The molecule has 6 heteroatoms. The van der Waals surface area contributed by atoms with Crippen molar-refractivity contribution in [2.75, 3.05) is 0 Å². The van der Waals surface area contributed by atoms with E-state index in [1.807, 2.05) is 25.1 Å². The fraction of sp³-hybridized carbons (Fsp3) is 0.0909. The molecule has 0 aliphatic heterocycles. The van der Waals surface area contributed by atoms with Gasteiger partial charge in [0.2, 0.25) is 5.88 Å². The van der Waals surface area contributed by atoms with Crippen LogP contribution >= 0.6 is 38.5 Å². The van der Waals surface area contributed by atoms with Crippen LogP contribution in [0.15, 0.2) is 27.5 Å². The number of rotatable bonds is 1. The first-order valence-corrected chi connectivity index (χ1v) is 6.61. The van der Waals surface area contributed by atoms with Crippen LogP contribution in [0.25, 0.3) is 11.4 Å². The van der Waals surface area contributed by atoms with Gasteiger partial charge in [-0.25, -0.2) is 0 Å². The molecule has 1 aromatic heterocycles. The van der Waals surface area contributed by atoms with Gasteiger partial charge in [0, 0.05) is 10.0 Å². The van der Waals surface area contributed by atoms with E-state index in [1.54, 1.807) is 22.6 Å². The van der Waals surface area contributed by atoms with Gasteiger partial charge in [-0.3, -0.25) is 4.79 Å². The molecular weight excluding hydrogens is 399 g/mol. The summed E-state index contributed by atoms with van der Waals surface area (Å²) in [5.41, 5.74) is 1.45. The lowest BCUT2D eigenvalue weighted by molar-refractivity contribution is 0.447. The Labute approximate surface area is 119 Å². The Morgan fingerprint density at radius 3 is 2.76 bits per heavy atom. The zero-order chi connectivity index (χ0) is 12.6. The summed E-state index contributed by atoms with van der Waals surface area (Å²) in [6, 6.07) is 5.58. The summed E-state index contributed by atoms with van der Waals surface area (Å²) < 4.78 is 1.18. The second kappa shape index (κ2) is 4.77. The number of H-pyrrole nitrogens is 1. The van der Waals surface area contributed by atoms with Crippen molar-refractivity contribution in [3.63, 3.8) is 0 Å². The SMILES string of the molecule is Cc1cc(-c2nc(O)c(I)c(=O)[nH]2)ccc1Br. The number of aromatic hydroxyl groups is 1. The third kappa shape index (κ3) is 2.52. The number of hydrogen-bond acceptors (Lipinski definition) is 3. The molecular formula is C11H8BrIN2O2. The number of aryl methyl sites for hydroxylation is 1. The van der Waals surface area contributed by atoms with Crippen LogP contribution in [0.4, 0.5) is 0 Å². The van der Waals surface area contributed by atoms with E-state index in [0.717, 1.165) is 15.6 Å². The summed E-state index contributed by atoms with van der Waals surface area (Å²) in [4.78, 5) is 18.1. The Kier molecular flexibility index (Phi) is 3.53. The minimum atomic E-state index is -0.339. The molecule has 0 radical (unpaired) electrons. The van der Waals surface area contributed by atoms with Crippen molar-refractivity contribution in [3.05, 3.63) is 42.2 Å². The molecule has 88 valence electrons. The molecule has 0 spiro atoms. The molecule has 0 saturated carbocycles. The molecule has 4 nitrogen and oxygen atoms in total. The molecule has 0 saturated heterocycles. The van der Waals surface area contributed by atoms with E-state index in [-0.39, 0.29) is 15.0 Å². The van der Waals surface area contributed by atoms with Crippen LogP contribution in [0.1, 0.15) is 5.56 Å². The normalized spacial score (nSPS) is 10.5. The lowest BCUT2D eigenvalue weighted by atomic mass is 10.1. The summed E-state index contributed by atoms with van der Waals surface area (Å²) >= 11 is 5.15. The number of nitrogens with zero attached hydrogens (tertiary/aromatic N) is 1. The Bertz CT molecular complexity index is 640. The van der Waals surface area contributed by atoms with Gasteiger partial charge in [-0.15, -0.1) is 0 Å². The number of benzene rings is 1. The molecule has 2 N–H and O–H groups in total. The predicted molar refractivity (Wildman–Crippen MR) is 77.1 cm³/mol. The minimum Gasteiger partial charge on any atom is -0.492 e. The number of aromatic nitrogens is 2. The van der Waals surface area contributed by atoms with Crippen LogP contribution in [0.3, 0.4) is 0 Å². The topological polar surface area (TPSA) is 66.0 Å². The van der Waals surface area contributed by atoms with Crippen LogP contribution in [0.2, 0.25) is 0 Å². The Balaban J connectivity index is 2.61. The van der Waals surface area contributed by atoms with E-state index in [1.165, 1.54) is 0 Å². The van der Waals surface area contributed by atoms with E-state index in [2.05, 4.69) is 25.9 Å². The Morgan fingerprint density at radius 1 is 1.47 bits per heavy atom. The highest BCUT2D eigenvalue weighted by molar-refractivity contribution is 14.1. The third-order valence-electron chi connectivity index (χ3n) is 2.28. The lowest BCUT2D eigenvalue weighted by Crippen LogP contribution is -2.12. The molecule has 2 rings (SSSR count). The molecule has 0 unspecified atom stereocenters. The summed E-state index contributed by atoms with van der Waals surface area (Å²) in [5, 5.41) is 9.52. The number of hydrogen-bond donors (Lipinski definition) is 2. The van der Waals surface area contributed by atoms with E-state index < -0.39 is 0 Å². The maximum atomic E-state index is 11.5. The molecule has 17 heavy (non-hydrogen) atoms. The van der Waals surface area contributed by atoms with Gasteiger partial charge in [0.25, 0.3) is 5.56 Å². The maximum absolute atomic E-state index is 11.5. The molecule has 0 atom stereocenters. The van der Waals surface area contributed by atoms with Crippen molar-refractivity contribution in [2.45, 2.75) is 6.92 Å². The molecule has 2 aromatic rings.